The highest BCUT2D eigenvalue weighted by Crippen LogP contribution is 2.36. The van der Waals surface area contributed by atoms with Gasteiger partial charge in [-0.2, -0.15) is 0 Å². The zero-order chi connectivity index (χ0) is 24.3. The molecule has 0 fully saturated rings. The summed E-state index contributed by atoms with van der Waals surface area (Å²) in [4.78, 5) is 22.8. The molecule has 0 saturated carbocycles. The van der Waals surface area contributed by atoms with Crippen molar-refractivity contribution in [3.8, 4) is 45.2 Å². The standard InChI is InChI=1S/C31H20N2O3/c34-27(30-32-25(21-13-5-1-6-14-21)28(35-30)23-17-9-3-10-18-23)31-33-26(22-15-7-2-8-16-22)29(36-31)24-19-11-4-12-20-24/h1-20H. The molecular weight excluding hydrogens is 448 g/mol. The molecule has 0 unspecified atom stereocenters. The molecule has 36 heavy (non-hydrogen) atoms. The molecule has 0 bridgehead atoms. The van der Waals surface area contributed by atoms with E-state index < -0.39 is 5.78 Å². The van der Waals surface area contributed by atoms with E-state index in [1.54, 1.807) is 0 Å². The van der Waals surface area contributed by atoms with Crippen molar-refractivity contribution in [2.24, 2.45) is 0 Å². The third kappa shape index (κ3) is 4.03. The van der Waals surface area contributed by atoms with Gasteiger partial charge in [0, 0.05) is 22.3 Å². The Morgan fingerprint density at radius 2 is 0.750 bits per heavy atom. The first kappa shape index (κ1) is 21.5. The molecule has 0 N–H and O–H groups in total. The summed E-state index contributed by atoms with van der Waals surface area (Å²) >= 11 is 0. The molecule has 2 heterocycles. The largest absolute Gasteiger partial charge is 0.433 e. The molecule has 0 amide bonds. The van der Waals surface area contributed by atoms with Gasteiger partial charge >= 0.3 is 5.78 Å². The SMILES string of the molecule is O=C(c1nc(-c2ccccc2)c(-c2ccccc2)o1)c1nc(-c2ccccc2)c(-c2ccccc2)o1. The number of oxazole rings is 2. The van der Waals surface area contributed by atoms with Crippen molar-refractivity contribution in [2.75, 3.05) is 0 Å². The van der Waals surface area contributed by atoms with Gasteiger partial charge in [-0.3, -0.25) is 4.79 Å². The lowest BCUT2D eigenvalue weighted by atomic mass is 10.1. The molecule has 5 heteroatoms. The van der Waals surface area contributed by atoms with Crippen molar-refractivity contribution in [3.05, 3.63) is 133 Å². The molecule has 0 spiro atoms. The average molecular weight is 469 g/mol. The van der Waals surface area contributed by atoms with Crippen LogP contribution in [0.25, 0.3) is 45.2 Å². The van der Waals surface area contributed by atoms with Crippen molar-refractivity contribution in [3.63, 3.8) is 0 Å². The number of aromatic nitrogens is 2. The Hall–Kier alpha value is -5.03. The number of ketones is 1. The maximum absolute atomic E-state index is 13.6. The molecule has 0 aliphatic heterocycles. The summed E-state index contributed by atoms with van der Waals surface area (Å²) in [5.74, 6) is 0.363. The number of hydrogen-bond acceptors (Lipinski definition) is 5. The molecule has 0 aliphatic rings. The molecule has 6 aromatic rings. The van der Waals surface area contributed by atoms with Crippen LogP contribution in [0.1, 0.15) is 16.6 Å². The van der Waals surface area contributed by atoms with Gasteiger partial charge in [0.25, 0.3) is 11.8 Å². The van der Waals surface area contributed by atoms with Crippen LogP contribution in [0.2, 0.25) is 0 Å². The zero-order valence-corrected chi connectivity index (χ0v) is 19.2. The minimum atomic E-state index is -0.520. The Morgan fingerprint density at radius 3 is 1.08 bits per heavy atom. The van der Waals surface area contributed by atoms with E-state index in [0.29, 0.717) is 22.9 Å². The third-order valence-corrected chi connectivity index (χ3v) is 5.81. The summed E-state index contributed by atoms with van der Waals surface area (Å²) in [5, 5.41) is 0. The predicted molar refractivity (Wildman–Crippen MR) is 138 cm³/mol. The van der Waals surface area contributed by atoms with Gasteiger partial charge in [-0.1, -0.05) is 121 Å². The van der Waals surface area contributed by atoms with Gasteiger partial charge in [0.05, 0.1) is 0 Å². The number of carbonyl (C=O) groups excluding carboxylic acids is 1. The van der Waals surface area contributed by atoms with Crippen LogP contribution in [0.5, 0.6) is 0 Å². The van der Waals surface area contributed by atoms with Crippen LogP contribution in [-0.2, 0) is 0 Å². The Labute approximate surface area is 207 Å². The second kappa shape index (κ2) is 9.31. The predicted octanol–water partition coefficient (Wildman–Crippen LogP) is 7.56. The van der Waals surface area contributed by atoms with Crippen LogP contribution in [0.3, 0.4) is 0 Å². The maximum Gasteiger partial charge on any atom is 0.302 e. The van der Waals surface area contributed by atoms with Crippen molar-refractivity contribution in [1.29, 1.82) is 0 Å². The van der Waals surface area contributed by atoms with Gasteiger partial charge in [-0.25, -0.2) is 9.97 Å². The second-order valence-electron chi connectivity index (χ2n) is 8.19. The first-order chi connectivity index (χ1) is 17.8. The summed E-state index contributed by atoms with van der Waals surface area (Å²) in [5.41, 5.74) is 4.52. The molecular formula is C31H20N2O3. The van der Waals surface area contributed by atoms with Crippen LogP contribution >= 0.6 is 0 Å². The van der Waals surface area contributed by atoms with Gasteiger partial charge in [0.1, 0.15) is 11.4 Å². The molecule has 0 saturated heterocycles. The van der Waals surface area contributed by atoms with Gasteiger partial charge in [-0.05, 0) is 0 Å². The van der Waals surface area contributed by atoms with E-state index in [4.69, 9.17) is 8.83 Å². The topological polar surface area (TPSA) is 69.1 Å². The van der Waals surface area contributed by atoms with Crippen LogP contribution in [0.4, 0.5) is 0 Å². The molecule has 0 aliphatic carbocycles. The summed E-state index contributed by atoms with van der Waals surface area (Å²) in [6.45, 7) is 0. The lowest BCUT2D eigenvalue weighted by Gasteiger charge is -2.00. The van der Waals surface area contributed by atoms with E-state index in [9.17, 15) is 4.79 Å². The summed E-state index contributed by atoms with van der Waals surface area (Å²) in [6, 6.07) is 38.5. The fraction of sp³-hybridized carbons (Fsp3) is 0. The minimum Gasteiger partial charge on any atom is -0.433 e. The Balaban J connectivity index is 1.48. The van der Waals surface area contributed by atoms with Gasteiger partial charge in [-0.15, -0.1) is 0 Å². The van der Waals surface area contributed by atoms with Crippen LogP contribution in [0, 0.1) is 0 Å². The highest BCUT2D eigenvalue weighted by atomic mass is 16.4. The van der Waals surface area contributed by atoms with Crippen LogP contribution in [-0.4, -0.2) is 15.8 Å². The second-order valence-corrected chi connectivity index (χ2v) is 8.19. The smallest absolute Gasteiger partial charge is 0.302 e. The highest BCUT2D eigenvalue weighted by molar-refractivity contribution is 6.04. The fourth-order valence-electron chi connectivity index (χ4n) is 4.08. The first-order valence-corrected chi connectivity index (χ1v) is 11.6. The van der Waals surface area contributed by atoms with Crippen LogP contribution in [0.15, 0.2) is 130 Å². The summed E-state index contributed by atoms with van der Waals surface area (Å²) < 4.78 is 12.1. The maximum atomic E-state index is 13.6. The Morgan fingerprint density at radius 1 is 0.444 bits per heavy atom. The summed E-state index contributed by atoms with van der Waals surface area (Å²) in [7, 11) is 0. The van der Waals surface area contributed by atoms with Gasteiger partial charge in [0.15, 0.2) is 11.5 Å². The van der Waals surface area contributed by atoms with Crippen molar-refractivity contribution >= 4 is 5.78 Å². The van der Waals surface area contributed by atoms with E-state index in [1.807, 2.05) is 121 Å². The third-order valence-electron chi connectivity index (χ3n) is 5.81. The fourth-order valence-corrected chi connectivity index (χ4v) is 4.08. The average Bonchev–Trinajstić information content (AvgIpc) is 3.61. The normalized spacial score (nSPS) is 10.9. The lowest BCUT2D eigenvalue weighted by molar-refractivity contribution is 0.0972. The molecule has 4 aromatic carbocycles. The van der Waals surface area contributed by atoms with Crippen molar-refractivity contribution in [1.82, 2.24) is 9.97 Å². The lowest BCUT2D eigenvalue weighted by Crippen LogP contribution is -2.02. The number of benzene rings is 4. The quantitative estimate of drug-likeness (QED) is 0.236. The van der Waals surface area contributed by atoms with E-state index in [-0.39, 0.29) is 11.8 Å². The van der Waals surface area contributed by atoms with Crippen molar-refractivity contribution < 1.29 is 13.6 Å². The minimum absolute atomic E-state index is 0.0758. The van der Waals surface area contributed by atoms with E-state index in [1.165, 1.54) is 0 Å². The van der Waals surface area contributed by atoms with E-state index >= 15 is 0 Å². The molecule has 0 radical (unpaired) electrons. The number of hydrogen-bond donors (Lipinski definition) is 0. The van der Waals surface area contributed by atoms with Gasteiger partial charge < -0.3 is 8.83 Å². The van der Waals surface area contributed by atoms with Crippen LogP contribution < -0.4 is 0 Å². The zero-order valence-electron chi connectivity index (χ0n) is 19.2. The van der Waals surface area contributed by atoms with Gasteiger partial charge in [0.2, 0.25) is 0 Å². The number of rotatable bonds is 6. The summed E-state index contributed by atoms with van der Waals surface area (Å²) in [6.07, 6.45) is 0. The monoisotopic (exact) mass is 468 g/mol. The Bertz CT molecular complexity index is 1380. The van der Waals surface area contributed by atoms with Crippen molar-refractivity contribution in [2.45, 2.75) is 0 Å². The Kier molecular flexibility index (Phi) is 5.56. The molecule has 0 atom stereocenters. The molecule has 6 rings (SSSR count). The molecule has 5 nitrogen and oxygen atoms in total. The highest BCUT2D eigenvalue weighted by Gasteiger charge is 2.28. The van der Waals surface area contributed by atoms with E-state index in [0.717, 1.165) is 22.3 Å². The number of nitrogens with zero attached hydrogens (tertiary/aromatic N) is 2. The number of carbonyl (C=O) groups is 1. The molecule has 172 valence electrons. The first-order valence-electron chi connectivity index (χ1n) is 11.6. The van der Waals surface area contributed by atoms with E-state index in [2.05, 4.69) is 9.97 Å². The molecule has 2 aromatic heterocycles.